The third kappa shape index (κ3) is 3.52. The van der Waals surface area contributed by atoms with Gasteiger partial charge in [-0.05, 0) is 6.07 Å². The van der Waals surface area contributed by atoms with Gasteiger partial charge in [-0.15, -0.1) is 0 Å². The van der Waals surface area contributed by atoms with Crippen LogP contribution in [0, 0.1) is 0 Å². The fourth-order valence-corrected chi connectivity index (χ4v) is 1.54. The van der Waals surface area contributed by atoms with Crippen molar-refractivity contribution >= 4 is 5.91 Å². The maximum atomic E-state index is 12.3. The van der Waals surface area contributed by atoms with Crippen LogP contribution < -0.4 is 0 Å². The van der Waals surface area contributed by atoms with Crippen LogP contribution in [0.2, 0.25) is 0 Å². The topological polar surface area (TPSA) is 53.7 Å². The molecule has 1 aromatic rings. The van der Waals surface area contributed by atoms with Gasteiger partial charge in [0.25, 0.3) is 12.3 Å². The Balaban J connectivity index is 2.83. The summed E-state index contributed by atoms with van der Waals surface area (Å²) in [7, 11) is 0. The van der Waals surface area contributed by atoms with Crippen molar-refractivity contribution in [3.8, 4) is 0 Å². The zero-order valence-corrected chi connectivity index (χ0v) is 9.53. The molecule has 0 atom stereocenters. The summed E-state index contributed by atoms with van der Waals surface area (Å²) in [5.74, 6) is -0.0721. The zero-order valence-electron chi connectivity index (χ0n) is 9.53. The quantitative estimate of drug-likeness (QED) is 0.829. The molecule has 0 spiro atoms. The van der Waals surface area contributed by atoms with Gasteiger partial charge in [-0.1, -0.05) is 6.92 Å². The molecule has 0 saturated carbocycles. The third-order valence-electron chi connectivity index (χ3n) is 2.31. The average Bonchev–Trinajstić information content (AvgIpc) is 2.74. The summed E-state index contributed by atoms with van der Waals surface area (Å²) in [5, 5.41) is 8.76. The van der Waals surface area contributed by atoms with Crippen molar-refractivity contribution in [2.45, 2.75) is 19.8 Å². The number of amides is 1. The minimum absolute atomic E-state index is 0.114. The van der Waals surface area contributed by atoms with Crippen LogP contribution in [-0.2, 0) is 6.42 Å². The van der Waals surface area contributed by atoms with Gasteiger partial charge in [-0.25, -0.2) is 8.78 Å². The first-order valence-corrected chi connectivity index (χ1v) is 5.34. The Kier molecular flexibility index (Phi) is 5.09. The van der Waals surface area contributed by atoms with Crippen LogP contribution in [0.4, 0.5) is 8.78 Å². The van der Waals surface area contributed by atoms with Gasteiger partial charge in [0.05, 0.1) is 25.0 Å². The Morgan fingerprint density at radius 1 is 1.59 bits per heavy atom. The van der Waals surface area contributed by atoms with E-state index >= 15 is 0 Å². The number of hydrogen-bond acceptors (Lipinski definition) is 3. The second kappa shape index (κ2) is 6.34. The number of halogens is 2. The molecule has 0 aliphatic rings. The van der Waals surface area contributed by atoms with Crippen molar-refractivity contribution in [3.63, 3.8) is 0 Å². The van der Waals surface area contributed by atoms with Crippen LogP contribution >= 0.6 is 0 Å². The highest BCUT2D eigenvalue weighted by Crippen LogP contribution is 2.14. The van der Waals surface area contributed by atoms with E-state index in [2.05, 4.69) is 0 Å². The van der Waals surface area contributed by atoms with Crippen LogP contribution in [0.5, 0.6) is 0 Å². The fourth-order valence-electron chi connectivity index (χ4n) is 1.54. The van der Waals surface area contributed by atoms with Gasteiger partial charge >= 0.3 is 0 Å². The standard InChI is InChI=1S/C11H15F2NO3/c1-2-9-8(3-6-17-9)11(16)14(4-5-15)7-10(12)13/h3,6,10,15H,2,4-5,7H2,1H3. The largest absolute Gasteiger partial charge is 0.469 e. The number of furan rings is 1. The molecule has 6 heteroatoms. The monoisotopic (exact) mass is 247 g/mol. The molecular formula is C11H15F2NO3. The summed E-state index contributed by atoms with van der Waals surface area (Å²) in [5.41, 5.74) is 0.279. The van der Waals surface area contributed by atoms with Gasteiger partial charge in [0.2, 0.25) is 0 Å². The van der Waals surface area contributed by atoms with Gasteiger partial charge in [0.15, 0.2) is 0 Å². The number of aliphatic hydroxyl groups is 1. The van der Waals surface area contributed by atoms with E-state index in [1.165, 1.54) is 12.3 Å². The number of carbonyl (C=O) groups is 1. The van der Waals surface area contributed by atoms with Crippen LogP contribution in [0.25, 0.3) is 0 Å². The third-order valence-corrected chi connectivity index (χ3v) is 2.31. The molecule has 1 heterocycles. The summed E-state index contributed by atoms with van der Waals surface area (Å²) in [6.45, 7) is 0.655. The van der Waals surface area contributed by atoms with E-state index in [1.54, 1.807) is 6.92 Å². The van der Waals surface area contributed by atoms with Gasteiger partial charge in [-0.2, -0.15) is 0 Å². The first kappa shape index (κ1) is 13.6. The normalized spacial score (nSPS) is 10.9. The second-order valence-electron chi connectivity index (χ2n) is 3.48. The predicted molar refractivity (Wildman–Crippen MR) is 57.1 cm³/mol. The van der Waals surface area contributed by atoms with Crippen LogP contribution in [-0.4, -0.2) is 42.0 Å². The first-order chi connectivity index (χ1) is 8.10. The molecule has 0 aromatic carbocycles. The lowest BCUT2D eigenvalue weighted by atomic mass is 10.2. The zero-order chi connectivity index (χ0) is 12.8. The molecule has 1 aromatic heterocycles. The summed E-state index contributed by atoms with van der Waals surface area (Å²) in [6.07, 6.45) is -0.760. The molecule has 1 rings (SSSR count). The summed E-state index contributed by atoms with van der Waals surface area (Å²) >= 11 is 0. The molecule has 17 heavy (non-hydrogen) atoms. The lowest BCUT2D eigenvalue weighted by molar-refractivity contribution is 0.0507. The predicted octanol–water partition coefficient (Wildman–Crippen LogP) is 1.54. The van der Waals surface area contributed by atoms with E-state index in [9.17, 15) is 13.6 Å². The Bertz CT molecular complexity index is 365. The molecule has 0 aliphatic carbocycles. The highest BCUT2D eigenvalue weighted by Gasteiger charge is 2.22. The number of hydrogen-bond donors (Lipinski definition) is 1. The summed E-state index contributed by atoms with van der Waals surface area (Å²) in [4.78, 5) is 12.9. The molecule has 0 radical (unpaired) electrons. The molecule has 0 fully saturated rings. The number of alkyl halides is 2. The van der Waals surface area contributed by atoms with Crippen molar-refractivity contribution in [1.29, 1.82) is 0 Å². The van der Waals surface area contributed by atoms with Crippen molar-refractivity contribution in [1.82, 2.24) is 4.90 Å². The molecule has 0 saturated heterocycles. The lowest BCUT2D eigenvalue weighted by Crippen LogP contribution is -2.37. The Morgan fingerprint density at radius 3 is 2.82 bits per heavy atom. The highest BCUT2D eigenvalue weighted by atomic mass is 19.3. The average molecular weight is 247 g/mol. The SMILES string of the molecule is CCc1occc1C(=O)N(CCO)CC(F)F. The Labute approximate surface area is 97.8 Å². The molecule has 0 unspecified atom stereocenters. The van der Waals surface area contributed by atoms with Crippen molar-refractivity contribution in [2.75, 3.05) is 19.7 Å². The second-order valence-corrected chi connectivity index (χ2v) is 3.48. The lowest BCUT2D eigenvalue weighted by Gasteiger charge is -2.20. The van der Waals surface area contributed by atoms with E-state index in [-0.39, 0.29) is 18.7 Å². The van der Waals surface area contributed by atoms with Crippen LogP contribution in [0.1, 0.15) is 23.0 Å². The van der Waals surface area contributed by atoms with Crippen LogP contribution in [0.15, 0.2) is 16.7 Å². The Morgan fingerprint density at radius 2 is 2.29 bits per heavy atom. The van der Waals surface area contributed by atoms with Crippen molar-refractivity contribution < 1.29 is 23.1 Å². The number of rotatable bonds is 6. The minimum atomic E-state index is -2.62. The van der Waals surface area contributed by atoms with Crippen molar-refractivity contribution in [3.05, 3.63) is 23.7 Å². The molecule has 0 bridgehead atoms. The van der Waals surface area contributed by atoms with E-state index < -0.39 is 18.9 Å². The van der Waals surface area contributed by atoms with E-state index in [4.69, 9.17) is 9.52 Å². The molecular weight excluding hydrogens is 232 g/mol. The minimum Gasteiger partial charge on any atom is -0.469 e. The van der Waals surface area contributed by atoms with E-state index in [0.29, 0.717) is 12.2 Å². The molecule has 0 aliphatic heterocycles. The number of carbonyl (C=O) groups excluding carboxylic acids is 1. The Hall–Kier alpha value is -1.43. The van der Waals surface area contributed by atoms with Crippen molar-refractivity contribution in [2.24, 2.45) is 0 Å². The van der Waals surface area contributed by atoms with E-state index in [0.717, 1.165) is 4.90 Å². The number of aliphatic hydroxyl groups excluding tert-OH is 1. The maximum absolute atomic E-state index is 12.3. The fraction of sp³-hybridized carbons (Fsp3) is 0.545. The summed E-state index contributed by atoms with van der Waals surface area (Å²) in [6, 6.07) is 1.46. The smallest absolute Gasteiger partial charge is 0.257 e. The number of nitrogens with zero attached hydrogens (tertiary/aromatic N) is 1. The highest BCUT2D eigenvalue weighted by molar-refractivity contribution is 5.95. The van der Waals surface area contributed by atoms with E-state index in [1.807, 2.05) is 0 Å². The molecule has 1 N–H and O–H groups in total. The maximum Gasteiger partial charge on any atom is 0.257 e. The first-order valence-electron chi connectivity index (χ1n) is 5.34. The summed E-state index contributed by atoms with van der Waals surface area (Å²) < 4.78 is 29.7. The van der Waals surface area contributed by atoms with Crippen LogP contribution in [0.3, 0.4) is 0 Å². The molecule has 96 valence electrons. The molecule has 4 nitrogen and oxygen atoms in total. The number of aryl methyl sites for hydroxylation is 1. The van der Waals surface area contributed by atoms with Gasteiger partial charge < -0.3 is 14.4 Å². The van der Waals surface area contributed by atoms with Gasteiger partial charge in [0, 0.05) is 13.0 Å². The molecule has 1 amide bonds. The van der Waals surface area contributed by atoms with Gasteiger partial charge in [0.1, 0.15) is 5.76 Å². The van der Waals surface area contributed by atoms with Gasteiger partial charge in [-0.3, -0.25) is 4.79 Å².